The zero-order chi connectivity index (χ0) is 15.4. The maximum Gasteiger partial charge on any atom is 0.311 e. The molecule has 1 saturated carbocycles. The van der Waals surface area contributed by atoms with Gasteiger partial charge in [0.2, 0.25) is 0 Å². The number of nitro benzene ring substituents is 1. The van der Waals surface area contributed by atoms with Crippen molar-refractivity contribution in [3.05, 3.63) is 33.9 Å². The van der Waals surface area contributed by atoms with E-state index in [2.05, 4.69) is 12.1 Å². The van der Waals surface area contributed by atoms with E-state index in [1.807, 2.05) is 0 Å². The van der Waals surface area contributed by atoms with Gasteiger partial charge in [0.1, 0.15) is 0 Å². The van der Waals surface area contributed by atoms with E-state index in [0.29, 0.717) is 5.92 Å². The third-order valence-electron chi connectivity index (χ3n) is 3.74. The normalized spacial score (nSPS) is 22.8. The Balaban J connectivity index is 2.24. The Kier molecular flexibility index (Phi) is 4.62. The zero-order valence-electron chi connectivity index (χ0n) is 11.9. The van der Waals surface area contributed by atoms with Crippen LogP contribution in [0, 0.1) is 16.0 Å². The first-order valence-corrected chi connectivity index (χ1v) is 6.94. The Bertz CT molecular complexity index is 559. The molecule has 2 atom stereocenters. The van der Waals surface area contributed by atoms with Crippen LogP contribution in [0.2, 0.25) is 0 Å². The van der Waals surface area contributed by atoms with Crippen LogP contribution in [0.4, 0.5) is 5.69 Å². The fourth-order valence-electron chi connectivity index (χ4n) is 2.64. The van der Waals surface area contributed by atoms with Gasteiger partial charge in [0.15, 0.2) is 11.6 Å². The summed E-state index contributed by atoms with van der Waals surface area (Å²) < 4.78 is 5.80. The van der Waals surface area contributed by atoms with Gasteiger partial charge < -0.3 is 15.7 Å². The summed E-state index contributed by atoms with van der Waals surface area (Å²) in [5.41, 5.74) is 5.57. The van der Waals surface area contributed by atoms with Crippen LogP contribution >= 0.6 is 0 Å². The Labute approximate surface area is 122 Å². The fraction of sp³-hybridized carbons (Fsp3) is 0.500. The van der Waals surface area contributed by atoms with Gasteiger partial charge in [-0.15, -0.1) is 0 Å². The lowest BCUT2D eigenvalue weighted by Gasteiger charge is -2.27. The van der Waals surface area contributed by atoms with Crippen LogP contribution in [0.15, 0.2) is 23.4 Å². The number of nitro groups is 1. The summed E-state index contributed by atoms with van der Waals surface area (Å²) in [6.07, 6.45) is 4.05. The number of oxime groups is 1. The van der Waals surface area contributed by atoms with E-state index in [-0.39, 0.29) is 28.9 Å². The van der Waals surface area contributed by atoms with Crippen molar-refractivity contribution in [2.75, 3.05) is 0 Å². The second-order valence-corrected chi connectivity index (χ2v) is 5.44. The Morgan fingerprint density at radius 3 is 2.90 bits per heavy atom. The molecule has 2 unspecified atom stereocenters. The standard InChI is InChI=1S/C14H19N3O4/c1-9-3-2-4-11(7-9)21-13-6-5-10(14(15)16-18)8-12(13)17(19)20/h5-6,8-9,11,18H,2-4,7H2,1H3,(H2,15,16). The molecule has 0 heterocycles. The highest BCUT2D eigenvalue weighted by molar-refractivity contribution is 5.97. The molecule has 1 aromatic rings. The molecule has 1 aliphatic rings. The van der Waals surface area contributed by atoms with E-state index < -0.39 is 4.92 Å². The van der Waals surface area contributed by atoms with Crippen LogP contribution in [0.25, 0.3) is 0 Å². The second kappa shape index (κ2) is 6.43. The fourth-order valence-corrected chi connectivity index (χ4v) is 2.64. The molecule has 0 bridgehead atoms. The van der Waals surface area contributed by atoms with Gasteiger partial charge in [0.05, 0.1) is 11.0 Å². The summed E-state index contributed by atoms with van der Waals surface area (Å²) in [6.45, 7) is 2.16. The van der Waals surface area contributed by atoms with Gasteiger partial charge in [0, 0.05) is 11.6 Å². The monoisotopic (exact) mass is 293 g/mol. The maximum atomic E-state index is 11.2. The van der Waals surface area contributed by atoms with Gasteiger partial charge in [-0.05, 0) is 37.3 Å². The zero-order valence-corrected chi connectivity index (χ0v) is 11.9. The summed E-state index contributed by atoms with van der Waals surface area (Å²) in [5, 5.41) is 22.7. The van der Waals surface area contributed by atoms with Gasteiger partial charge >= 0.3 is 5.69 Å². The molecule has 7 nitrogen and oxygen atoms in total. The number of ether oxygens (including phenoxy) is 1. The topological polar surface area (TPSA) is 111 Å². The molecule has 0 amide bonds. The average molecular weight is 293 g/mol. The lowest BCUT2D eigenvalue weighted by molar-refractivity contribution is -0.386. The van der Waals surface area contributed by atoms with E-state index in [1.165, 1.54) is 18.6 Å². The van der Waals surface area contributed by atoms with E-state index in [1.54, 1.807) is 6.07 Å². The van der Waals surface area contributed by atoms with Crippen molar-refractivity contribution in [1.29, 1.82) is 0 Å². The van der Waals surface area contributed by atoms with Crippen LogP contribution < -0.4 is 10.5 Å². The number of hydrogen-bond acceptors (Lipinski definition) is 5. The molecule has 0 saturated heterocycles. The Morgan fingerprint density at radius 2 is 2.29 bits per heavy atom. The molecule has 0 radical (unpaired) electrons. The third-order valence-corrected chi connectivity index (χ3v) is 3.74. The number of amidine groups is 1. The number of nitrogens with two attached hydrogens (primary N) is 1. The molecule has 0 spiro atoms. The number of nitrogens with zero attached hydrogens (tertiary/aromatic N) is 2. The van der Waals surface area contributed by atoms with Crippen molar-refractivity contribution in [3.8, 4) is 5.75 Å². The van der Waals surface area contributed by atoms with Crippen molar-refractivity contribution in [3.63, 3.8) is 0 Å². The lowest BCUT2D eigenvalue weighted by Crippen LogP contribution is -2.24. The van der Waals surface area contributed by atoms with Gasteiger partial charge in [0.25, 0.3) is 0 Å². The highest BCUT2D eigenvalue weighted by atomic mass is 16.6. The van der Waals surface area contributed by atoms with Crippen molar-refractivity contribution >= 4 is 11.5 Å². The van der Waals surface area contributed by atoms with Crippen LogP contribution in [0.5, 0.6) is 5.75 Å². The molecule has 0 aromatic heterocycles. The minimum atomic E-state index is -0.518. The summed E-state index contributed by atoms with van der Waals surface area (Å²) >= 11 is 0. The Morgan fingerprint density at radius 1 is 1.52 bits per heavy atom. The van der Waals surface area contributed by atoms with E-state index in [9.17, 15) is 10.1 Å². The summed E-state index contributed by atoms with van der Waals surface area (Å²) in [7, 11) is 0. The molecule has 1 aromatic carbocycles. The van der Waals surface area contributed by atoms with Crippen molar-refractivity contribution in [1.82, 2.24) is 0 Å². The first-order valence-electron chi connectivity index (χ1n) is 6.94. The molecule has 1 aliphatic carbocycles. The highest BCUT2D eigenvalue weighted by Gasteiger charge is 2.24. The van der Waals surface area contributed by atoms with Crippen LogP contribution in [0.1, 0.15) is 38.2 Å². The number of benzene rings is 1. The molecular formula is C14H19N3O4. The molecule has 114 valence electrons. The first-order chi connectivity index (χ1) is 10.0. The minimum Gasteiger partial charge on any atom is -0.483 e. The molecule has 0 aliphatic heterocycles. The quantitative estimate of drug-likeness (QED) is 0.291. The smallest absolute Gasteiger partial charge is 0.311 e. The van der Waals surface area contributed by atoms with Crippen LogP contribution in [-0.2, 0) is 0 Å². The van der Waals surface area contributed by atoms with Gasteiger partial charge in [-0.1, -0.05) is 18.5 Å². The first kappa shape index (κ1) is 15.1. The van der Waals surface area contributed by atoms with Crippen molar-refractivity contribution in [2.24, 2.45) is 16.8 Å². The van der Waals surface area contributed by atoms with E-state index in [4.69, 9.17) is 15.7 Å². The molecule has 3 N–H and O–H groups in total. The molecule has 2 rings (SSSR count). The summed E-state index contributed by atoms with van der Waals surface area (Å²) in [4.78, 5) is 10.7. The average Bonchev–Trinajstić information content (AvgIpc) is 2.46. The predicted molar refractivity (Wildman–Crippen MR) is 77.7 cm³/mol. The van der Waals surface area contributed by atoms with Gasteiger partial charge in [-0.3, -0.25) is 10.1 Å². The van der Waals surface area contributed by atoms with E-state index in [0.717, 1.165) is 19.3 Å². The molecule has 7 heteroatoms. The molecule has 1 fully saturated rings. The lowest BCUT2D eigenvalue weighted by atomic mass is 9.89. The third kappa shape index (κ3) is 3.62. The van der Waals surface area contributed by atoms with Crippen LogP contribution in [-0.4, -0.2) is 22.1 Å². The highest BCUT2D eigenvalue weighted by Crippen LogP contribution is 2.33. The van der Waals surface area contributed by atoms with Crippen molar-refractivity contribution < 1.29 is 14.9 Å². The molecular weight excluding hydrogens is 274 g/mol. The van der Waals surface area contributed by atoms with Gasteiger partial charge in [-0.2, -0.15) is 0 Å². The largest absolute Gasteiger partial charge is 0.483 e. The van der Waals surface area contributed by atoms with Gasteiger partial charge in [-0.25, -0.2) is 0 Å². The maximum absolute atomic E-state index is 11.2. The van der Waals surface area contributed by atoms with Crippen molar-refractivity contribution in [2.45, 2.75) is 38.7 Å². The second-order valence-electron chi connectivity index (χ2n) is 5.44. The molecule has 21 heavy (non-hydrogen) atoms. The minimum absolute atomic E-state index is 0.00200. The summed E-state index contributed by atoms with van der Waals surface area (Å²) in [5.74, 6) is 0.628. The number of hydrogen-bond donors (Lipinski definition) is 2. The number of rotatable bonds is 4. The van der Waals surface area contributed by atoms with Crippen LogP contribution in [0.3, 0.4) is 0 Å². The van der Waals surface area contributed by atoms with E-state index >= 15 is 0 Å². The SMILES string of the molecule is CC1CCCC(Oc2ccc(C(N)=NO)cc2[N+](=O)[O-])C1. The summed E-state index contributed by atoms with van der Waals surface area (Å²) in [6, 6.07) is 4.31. The Hall–Kier alpha value is -2.31. The predicted octanol–water partition coefficient (Wildman–Crippen LogP) is 2.65.